The summed E-state index contributed by atoms with van der Waals surface area (Å²) in [6.07, 6.45) is 0. The van der Waals surface area contributed by atoms with Gasteiger partial charge in [0.1, 0.15) is 5.52 Å². The smallest absolute Gasteiger partial charge is 0.257 e. The van der Waals surface area contributed by atoms with Gasteiger partial charge in [-0.3, -0.25) is 10.1 Å². The summed E-state index contributed by atoms with van der Waals surface area (Å²) in [5, 5.41) is 3.93. The Morgan fingerprint density at radius 2 is 1.89 bits per heavy atom. The first-order chi connectivity index (χ1) is 9.24. The number of rotatable bonds is 2. The van der Waals surface area contributed by atoms with Gasteiger partial charge in [0.05, 0.1) is 9.72 Å². The number of aromatic nitrogens is 1. The van der Waals surface area contributed by atoms with E-state index in [1.165, 1.54) is 11.3 Å². The number of hydrogen-bond donors (Lipinski definition) is 1. The molecule has 0 aliphatic heterocycles. The molecule has 1 heterocycles. The van der Waals surface area contributed by atoms with Gasteiger partial charge in [0, 0.05) is 5.56 Å². The topological polar surface area (TPSA) is 42.0 Å². The van der Waals surface area contributed by atoms with Crippen LogP contribution in [0.4, 0.5) is 5.13 Å². The van der Waals surface area contributed by atoms with Crippen LogP contribution in [0.1, 0.15) is 10.4 Å². The van der Waals surface area contributed by atoms with E-state index in [1.807, 2.05) is 30.3 Å². The number of fused-ring (bicyclic) bond motifs is 1. The summed E-state index contributed by atoms with van der Waals surface area (Å²) in [7, 11) is 0. The number of carbonyl (C=O) groups is 1. The van der Waals surface area contributed by atoms with Gasteiger partial charge in [-0.05, 0) is 24.3 Å². The van der Waals surface area contributed by atoms with E-state index >= 15 is 0 Å². The second kappa shape index (κ2) is 4.99. The van der Waals surface area contributed by atoms with Gasteiger partial charge in [0.2, 0.25) is 0 Å². The summed E-state index contributed by atoms with van der Waals surface area (Å²) in [5.41, 5.74) is 1.32. The van der Waals surface area contributed by atoms with Gasteiger partial charge in [-0.25, -0.2) is 4.98 Å². The zero-order valence-electron chi connectivity index (χ0n) is 9.76. The maximum absolute atomic E-state index is 12.0. The lowest BCUT2D eigenvalue weighted by Crippen LogP contribution is -2.11. The highest BCUT2D eigenvalue weighted by Crippen LogP contribution is 2.30. The number of nitrogens with zero attached hydrogens (tertiary/aromatic N) is 1. The lowest BCUT2D eigenvalue weighted by Gasteiger charge is -2.00. The summed E-state index contributed by atoms with van der Waals surface area (Å²) in [6.45, 7) is 0. The summed E-state index contributed by atoms with van der Waals surface area (Å²) in [5.74, 6) is -0.171. The van der Waals surface area contributed by atoms with Crippen molar-refractivity contribution in [2.45, 2.75) is 0 Å². The predicted octanol–water partition coefficient (Wildman–Crippen LogP) is 4.20. The third-order valence-corrected chi connectivity index (χ3v) is 3.87. The number of para-hydroxylation sites is 1. The lowest BCUT2D eigenvalue weighted by molar-refractivity contribution is 0.102. The molecule has 2 aromatic carbocycles. The highest BCUT2D eigenvalue weighted by Gasteiger charge is 2.10. The number of thiazole rings is 1. The number of halogens is 1. The van der Waals surface area contributed by atoms with Crippen LogP contribution in [0.5, 0.6) is 0 Å². The van der Waals surface area contributed by atoms with Crippen molar-refractivity contribution in [1.29, 1.82) is 0 Å². The molecule has 3 rings (SSSR count). The Morgan fingerprint density at radius 1 is 1.11 bits per heavy atom. The summed E-state index contributed by atoms with van der Waals surface area (Å²) < 4.78 is 0.955. The van der Waals surface area contributed by atoms with E-state index in [2.05, 4.69) is 10.3 Å². The molecule has 0 saturated heterocycles. The highest BCUT2D eigenvalue weighted by molar-refractivity contribution is 7.22. The Balaban J connectivity index is 1.90. The van der Waals surface area contributed by atoms with E-state index in [-0.39, 0.29) is 5.91 Å². The third kappa shape index (κ3) is 2.45. The minimum Gasteiger partial charge on any atom is -0.298 e. The van der Waals surface area contributed by atoms with E-state index in [0.29, 0.717) is 15.7 Å². The summed E-state index contributed by atoms with van der Waals surface area (Å²) in [6, 6.07) is 14.6. The molecule has 94 valence electrons. The van der Waals surface area contributed by atoms with Crippen molar-refractivity contribution in [2.24, 2.45) is 0 Å². The maximum Gasteiger partial charge on any atom is 0.257 e. The largest absolute Gasteiger partial charge is 0.298 e. The maximum atomic E-state index is 12.0. The van der Waals surface area contributed by atoms with Gasteiger partial charge in [-0.2, -0.15) is 0 Å². The van der Waals surface area contributed by atoms with Crippen LogP contribution < -0.4 is 5.32 Å². The molecule has 0 fully saturated rings. The van der Waals surface area contributed by atoms with Crippen molar-refractivity contribution in [3.63, 3.8) is 0 Å². The van der Waals surface area contributed by atoms with E-state index < -0.39 is 0 Å². The van der Waals surface area contributed by atoms with Crippen molar-refractivity contribution in [3.8, 4) is 0 Å². The Kier molecular flexibility index (Phi) is 3.19. The molecule has 19 heavy (non-hydrogen) atoms. The molecule has 0 radical (unpaired) electrons. The molecule has 0 spiro atoms. The fraction of sp³-hybridized carbons (Fsp3) is 0. The standard InChI is InChI=1S/C14H9ClN2OS/c15-10-7-4-8-11-12(10)16-14(19-11)17-13(18)9-5-2-1-3-6-9/h1-8H,(H,16,17,18). The van der Waals surface area contributed by atoms with Crippen molar-refractivity contribution in [2.75, 3.05) is 5.32 Å². The third-order valence-electron chi connectivity index (χ3n) is 2.63. The average molecular weight is 289 g/mol. The fourth-order valence-electron chi connectivity index (χ4n) is 1.73. The molecule has 1 N–H and O–H groups in total. The van der Waals surface area contributed by atoms with E-state index in [9.17, 15) is 4.79 Å². The monoisotopic (exact) mass is 288 g/mol. The number of hydrogen-bond acceptors (Lipinski definition) is 3. The van der Waals surface area contributed by atoms with Gasteiger partial charge in [-0.15, -0.1) is 0 Å². The molecular weight excluding hydrogens is 280 g/mol. The van der Waals surface area contributed by atoms with Gasteiger partial charge in [0.15, 0.2) is 5.13 Å². The van der Waals surface area contributed by atoms with E-state index in [0.717, 1.165) is 10.2 Å². The lowest BCUT2D eigenvalue weighted by atomic mass is 10.2. The van der Waals surface area contributed by atoms with Crippen LogP contribution in [0.2, 0.25) is 5.02 Å². The number of amides is 1. The molecule has 0 unspecified atom stereocenters. The minimum absolute atomic E-state index is 0.171. The molecule has 1 amide bonds. The second-order valence-electron chi connectivity index (χ2n) is 3.93. The van der Waals surface area contributed by atoms with Crippen LogP contribution in [0, 0.1) is 0 Å². The van der Waals surface area contributed by atoms with Gasteiger partial charge in [-0.1, -0.05) is 47.2 Å². The zero-order valence-corrected chi connectivity index (χ0v) is 11.3. The van der Waals surface area contributed by atoms with Crippen molar-refractivity contribution >= 4 is 44.2 Å². The molecule has 0 saturated carbocycles. The second-order valence-corrected chi connectivity index (χ2v) is 5.36. The molecule has 3 nitrogen and oxygen atoms in total. The first kappa shape index (κ1) is 12.1. The molecular formula is C14H9ClN2OS. The molecule has 1 aromatic heterocycles. The Labute approximate surface area is 118 Å². The Morgan fingerprint density at radius 3 is 2.63 bits per heavy atom. The molecule has 3 aromatic rings. The molecule has 0 aliphatic rings. The highest BCUT2D eigenvalue weighted by atomic mass is 35.5. The molecule has 0 atom stereocenters. The Hall–Kier alpha value is -1.91. The van der Waals surface area contributed by atoms with Gasteiger partial charge in [0.25, 0.3) is 5.91 Å². The van der Waals surface area contributed by atoms with Gasteiger partial charge < -0.3 is 0 Å². The first-order valence-electron chi connectivity index (χ1n) is 5.65. The van der Waals surface area contributed by atoms with Gasteiger partial charge >= 0.3 is 0 Å². The summed E-state index contributed by atoms with van der Waals surface area (Å²) >= 11 is 7.46. The average Bonchev–Trinajstić information content (AvgIpc) is 2.84. The van der Waals surface area contributed by atoms with Crippen LogP contribution in [-0.4, -0.2) is 10.9 Å². The van der Waals surface area contributed by atoms with Crippen molar-refractivity contribution in [3.05, 3.63) is 59.1 Å². The molecule has 0 aliphatic carbocycles. The van der Waals surface area contributed by atoms with Crippen LogP contribution in [0.3, 0.4) is 0 Å². The quantitative estimate of drug-likeness (QED) is 0.768. The number of carbonyl (C=O) groups excluding carboxylic acids is 1. The van der Waals surface area contributed by atoms with Crippen LogP contribution in [-0.2, 0) is 0 Å². The number of nitrogens with one attached hydrogen (secondary N) is 1. The van der Waals surface area contributed by atoms with E-state index in [1.54, 1.807) is 18.2 Å². The number of anilines is 1. The number of benzene rings is 2. The first-order valence-corrected chi connectivity index (χ1v) is 6.85. The Bertz CT molecular complexity index is 740. The van der Waals surface area contributed by atoms with Crippen molar-refractivity contribution in [1.82, 2.24) is 4.98 Å². The normalized spacial score (nSPS) is 10.6. The van der Waals surface area contributed by atoms with Crippen LogP contribution in [0.15, 0.2) is 48.5 Å². The fourth-order valence-corrected chi connectivity index (χ4v) is 2.89. The predicted molar refractivity (Wildman–Crippen MR) is 79.0 cm³/mol. The molecule has 0 bridgehead atoms. The van der Waals surface area contributed by atoms with Crippen LogP contribution in [0.25, 0.3) is 10.2 Å². The zero-order chi connectivity index (χ0) is 13.2. The minimum atomic E-state index is -0.171. The van der Waals surface area contributed by atoms with Crippen LogP contribution >= 0.6 is 22.9 Å². The SMILES string of the molecule is O=C(Nc1nc2c(Cl)cccc2s1)c1ccccc1. The van der Waals surface area contributed by atoms with Crippen molar-refractivity contribution < 1.29 is 4.79 Å². The van der Waals surface area contributed by atoms with E-state index in [4.69, 9.17) is 11.6 Å². The summed E-state index contributed by atoms with van der Waals surface area (Å²) in [4.78, 5) is 16.3. The molecule has 5 heteroatoms.